The van der Waals surface area contributed by atoms with E-state index in [-0.39, 0.29) is 0 Å². The number of hydrogen-bond acceptors (Lipinski definition) is 4. The van der Waals surface area contributed by atoms with Crippen molar-refractivity contribution < 1.29 is 9.47 Å². The summed E-state index contributed by atoms with van der Waals surface area (Å²) in [5.41, 5.74) is 1.03. The number of hydrogen-bond donors (Lipinski definition) is 0. The quantitative estimate of drug-likeness (QED) is 0.863. The number of rotatable bonds is 3. The summed E-state index contributed by atoms with van der Waals surface area (Å²) >= 11 is 0. The molecule has 0 N–H and O–H groups in total. The summed E-state index contributed by atoms with van der Waals surface area (Å²) in [7, 11) is 1.71. The van der Waals surface area contributed by atoms with E-state index in [4.69, 9.17) is 9.47 Å². The number of nitrogens with zero attached hydrogens (tertiary/aromatic N) is 3. The molecule has 1 aromatic carbocycles. The number of methoxy groups -OCH3 is 1. The molecular weight excluding hydrogens is 302 g/mol. The SMILES string of the molecule is COc1ccccc1-c1nnc2n1CCCCC2C1CCOCC1. The number of fused-ring (bicyclic) bond motifs is 1. The van der Waals surface area contributed by atoms with Gasteiger partial charge in [0.25, 0.3) is 0 Å². The second-order valence-electron chi connectivity index (χ2n) is 6.79. The Morgan fingerprint density at radius 1 is 1.08 bits per heavy atom. The van der Waals surface area contributed by atoms with E-state index in [1.807, 2.05) is 18.2 Å². The molecule has 5 heteroatoms. The van der Waals surface area contributed by atoms with Gasteiger partial charge in [0.15, 0.2) is 5.82 Å². The van der Waals surface area contributed by atoms with Crippen LogP contribution in [-0.4, -0.2) is 35.1 Å². The van der Waals surface area contributed by atoms with Crippen LogP contribution in [0.4, 0.5) is 0 Å². The van der Waals surface area contributed by atoms with E-state index in [0.717, 1.165) is 49.7 Å². The fraction of sp³-hybridized carbons (Fsp3) is 0.579. The van der Waals surface area contributed by atoms with E-state index in [2.05, 4.69) is 20.8 Å². The lowest BCUT2D eigenvalue weighted by Gasteiger charge is -2.29. The molecule has 2 aliphatic rings. The van der Waals surface area contributed by atoms with E-state index < -0.39 is 0 Å². The van der Waals surface area contributed by atoms with Crippen LogP contribution in [0.15, 0.2) is 24.3 Å². The van der Waals surface area contributed by atoms with Gasteiger partial charge >= 0.3 is 0 Å². The van der Waals surface area contributed by atoms with Crippen molar-refractivity contribution in [2.45, 2.75) is 44.6 Å². The molecule has 0 aliphatic carbocycles. The predicted octanol–water partition coefficient (Wildman–Crippen LogP) is 3.65. The summed E-state index contributed by atoms with van der Waals surface area (Å²) in [6, 6.07) is 8.09. The fourth-order valence-corrected chi connectivity index (χ4v) is 4.17. The normalized spacial score (nSPS) is 22.0. The Morgan fingerprint density at radius 2 is 1.92 bits per heavy atom. The highest BCUT2D eigenvalue weighted by Crippen LogP contribution is 2.39. The van der Waals surface area contributed by atoms with Crippen molar-refractivity contribution in [3.8, 4) is 17.1 Å². The van der Waals surface area contributed by atoms with Gasteiger partial charge in [-0.05, 0) is 43.7 Å². The summed E-state index contributed by atoms with van der Waals surface area (Å²) in [5, 5.41) is 9.21. The maximum atomic E-state index is 5.56. The molecule has 0 radical (unpaired) electrons. The molecule has 0 saturated carbocycles. The lowest BCUT2D eigenvalue weighted by molar-refractivity contribution is 0.0556. The molecule has 24 heavy (non-hydrogen) atoms. The molecule has 1 unspecified atom stereocenters. The van der Waals surface area contributed by atoms with Gasteiger partial charge in [0, 0.05) is 25.7 Å². The number of benzene rings is 1. The van der Waals surface area contributed by atoms with Gasteiger partial charge in [-0.25, -0.2) is 0 Å². The van der Waals surface area contributed by atoms with Crippen molar-refractivity contribution in [2.24, 2.45) is 5.92 Å². The molecule has 1 fully saturated rings. The average molecular weight is 327 g/mol. The largest absolute Gasteiger partial charge is 0.496 e. The van der Waals surface area contributed by atoms with Crippen molar-refractivity contribution in [1.82, 2.24) is 14.8 Å². The Balaban J connectivity index is 1.73. The van der Waals surface area contributed by atoms with E-state index in [1.54, 1.807) is 7.11 Å². The standard InChI is InChI=1S/C19H25N3O2/c1-23-17-8-3-2-7-16(17)19-21-20-18-15(6-4-5-11-22(18)19)14-9-12-24-13-10-14/h2-3,7-8,14-15H,4-6,9-13H2,1H3. The first-order chi connectivity index (χ1) is 11.9. The summed E-state index contributed by atoms with van der Waals surface area (Å²) in [6.45, 7) is 2.76. The molecule has 1 atom stereocenters. The van der Waals surface area contributed by atoms with Gasteiger partial charge in [0.05, 0.1) is 12.7 Å². The minimum absolute atomic E-state index is 0.507. The number of ether oxygens (including phenoxy) is 2. The molecular formula is C19H25N3O2. The zero-order valence-corrected chi connectivity index (χ0v) is 14.3. The zero-order valence-electron chi connectivity index (χ0n) is 14.3. The molecule has 1 saturated heterocycles. The maximum Gasteiger partial charge on any atom is 0.167 e. The van der Waals surface area contributed by atoms with Gasteiger partial charge in [-0.15, -0.1) is 10.2 Å². The first-order valence-electron chi connectivity index (χ1n) is 9.02. The van der Waals surface area contributed by atoms with Gasteiger partial charge < -0.3 is 14.0 Å². The van der Waals surface area contributed by atoms with Gasteiger partial charge in [-0.2, -0.15) is 0 Å². The second kappa shape index (κ2) is 6.93. The topological polar surface area (TPSA) is 49.2 Å². The van der Waals surface area contributed by atoms with Gasteiger partial charge in [0.2, 0.25) is 0 Å². The Labute approximate surface area is 143 Å². The minimum Gasteiger partial charge on any atom is -0.496 e. The first kappa shape index (κ1) is 15.6. The van der Waals surface area contributed by atoms with Crippen LogP contribution in [0.5, 0.6) is 5.75 Å². The molecule has 128 valence electrons. The lowest BCUT2D eigenvalue weighted by Crippen LogP contribution is -2.23. The van der Waals surface area contributed by atoms with Crippen molar-refractivity contribution >= 4 is 0 Å². The van der Waals surface area contributed by atoms with E-state index >= 15 is 0 Å². The van der Waals surface area contributed by atoms with Crippen LogP contribution >= 0.6 is 0 Å². The summed E-state index contributed by atoms with van der Waals surface area (Å²) in [4.78, 5) is 0. The van der Waals surface area contributed by atoms with Crippen molar-refractivity contribution in [2.75, 3.05) is 20.3 Å². The van der Waals surface area contributed by atoms with E-state index in [1.165, 1.54) is 25.1 Å². The third kappa shape index (κ3) is 2.81. The van der Waals surface area contributed by atoms with Crippen LogP contribution in [0.2, 0.25) is 0 Å². The van der Waals surface area contributed by atoms with Crippen LogP contribution < -0.4 is 4.74 Å². The molecule has 0 spiro atoms. The van der Waals surface area contributed by atoms with Gasteiger partial charge in [0.1, 0.15) is 11.6 Å². The second-order valence-corrected chi connectivity index (χ2v) is 6.79. The van der Waals surface area contributed by atoms with Crippen molar-refractivity contribution in [3.63, 3.8) is 0 Å². The van der Waals surface area contributed by atoms with Gasteiger partial charge in [-0.1, -0.05) is 18.6 Å². The molecule has 5 nitrogen and oxygen atoms in total. The monoisotopic (exact) mass is 327 g/mol. The van der Waals surface area contributed by atoms with Crippen molar-refractivity contribution in [1.29, 1.82) is 0 Å². The Hall–Kier alpha value is -1.88. The predicted molar refractivity (Wildman–Crippen MR) is 92.1 cm³/mol. The van der Waals surface area contributed by atoms with E-state index in [0.29, 0.717) is 11.8 Å². The minimum atomic E-state index is 0.507. The molecule has 0 bridgehead atoms. The van der Waals surface area contributed by atoms with Crippen LogP contribution in [0.1, 0.15) is 43.8 Å². The number of para-hydroxylation sites is 1. The summed E-state index contributed by atoms with van der Waals surface area (Å²) < 4.78 is 13.4. The van der Waals surface area contributed by atoms with Crippen molar-refractivity contribution in [3.05, 3.63) is 30.1 Å². The molecule has 2 aromatic rings. The molecule has 0 amide bonds. The highest BCUT2D eigenvalue weighted by atomic mass is 16.5. The highest BCUT2D eigenvalue weighted by Gasteiger charge is 2.32. The smallest absolute Gasteiger partial charge is 0.167 e. The molecule has 2 aliphatic heterocycles. The molecule has 1 aromatic heterocycles. The maximum absolute atomic E-state index is 5.56. The Kier molecular flexibility index (Phi) is 4.52. The molecule has 4 rings (SSSR count). The van der Waals surface area contributed by atoms with Crippen LogP contribution in [0, 0.1) is 5.92 Å². The van der Waals surface area contributed by atoms with Crippen LogP contribution in [-0.2, 0) is 11.3 Å². The number of aromatic nitrogens is 3. The summed E-state index contributed by atoms with van der Waals surface area (Å²) in [6.07, 6.45) is 5.95. The zero-order chi connectivity index (χ0) is 16.4. The third-order valence-corrected chi connectivity index (χ3v) is 5.44. The highest BCUT2D eigenvalue weighted by molar-refractivity contribution is 5.64. The molecule has 3 heterocycles. The first-order valence-corrected chi connectivity index (χ1v) is 9.02. The lowest BCUT2D eigenvalue weighted by atomic mass is 9.82. The Bertz CT molecular complexity index is 692. The Morgan fingerprint density at radius 3 is 2.75 bits per heavy atom. The van der Waals surface area contributed by atoms with Gasteiger partial charge in [-0.3, -0.25) is 0 Å². The summed E-state index contributed by atoms with van der Waals surface area (Å²) in [5.74, 6) is 4.15. The van der Waals surface area contributed by atoms with E-state index in [9.17, 15) is 0 Å². The fourth-order valence-electron chi connectivity index (χ4n) is 4.17. The van der Waals surface area contributed by atoms with Crippen LogP contribution in [0.25, 0.3) is 11.4 Å². The average Bonchev–Trinajstić information content (AvgIpc) is 2.94. The third-order valence-electron chi connectivity index (χ3n) is 5.44. The van der Waals surface area contributed by atoms with Crippen LogP contribution in [0.3, 0.4) is 0 Å².